The summed E-state index contributed by atoms with van der Waals surface area (Å²) in [5.41, 5.74) is 3.52. The monoisotopic (exact) mass is 300 g/mol. The van der Waals surface area contributed by atoms with Crippen molar-refractivity contribution in [2.45, 2.75) is 33.2 Å². The van der Waals surface area contributed by atoms with E-state index in [2.05, 4.69) is 32.5 Å². The number of hydrogen-bond acceptors (Lipinski definition) is 6. The van der Waals surface area contributed by atoms with Crippen LogP contribution in [0.25, 0.3) is 22.5 Å². The summed E-state index contributed by atoms with van der Waals surface area (Å²) in [5, 5.41) is 12.6. The van der Waals surface area contributed by atoms with E-state index in [1.54, 1.807) is 4.68 Å². The average Bonchev–Trinajstić information content (AvgIpc) is 3.04. The first kappa shape index (κ1) is 14.6. The summed E-state index contributed by atoms with van der Waals surface area (Å²) in [6.07, 6.45) is 0.723. The van der Waals surface area contributed by atoms with Gasteiger partial charge in [0.1, 0.15) is 0 Å². The summed E-state index contributed by atoms with van der Waals surface area (Å²) < 4.78 is 7.20. The fourth-order valence-electron chi connectivity index (χ4n) is 2.47. The van der Waals surface area contributed by atoms with E-state index < -0.39 is 0 Å². The molecule has 0 saturated heterocycles. The smallest absolute Gasteiger partial charge is 0.259 e. The molecule has 7 heteroatoms. The Bertz CT molecular complexity index is 819. The topological polar surface area (TPSA) is 81.7 Å². The first-order valence-electron chi connectivity index (χ1n) is 7.30. The molecule has 22 heavy (non-hydrogen) atoms. The van der Waals surface area contributed by atoms with Crippen molar-refractivity contribution < 1.29 is 4.52 Å². The highest BCUT2D eigenvalue weighted by atomic mass is 16.5. The van der Waals surface area contributed by atoms with Gasteiger partial charge in [-0.05, 0) is 33.9 Å². The predicted octanol–water partition coefficient (Wildman–Crippen LogP) is 1.79. The summed E-state index contributed by atoms with van der Waals surface area (Å²) in [5.74, 6) is 1.20. The lowest BCUT2D eigenvalue weighted by atomic mass is 10.1. The van der Waals surface area contributed by atoms with Crippen molar-refractivity contribution in [2.24, 2.45) is 7.05 Å². The normalized spacial score (nSPS) is 13.0. The third-order valence-corrected chi connectivity index (χ3v) is 3.87. The molecule has 0 bridgehead atoms. The Morgan fingerprint density at radius 3 is 2.77 bits per heavy atom. The second kappa shape index (κ2) is 5.49. The number of aromatic nitrogens is 5. The molecule has 3 rings (SSSR count). The lowest BCUT2D eigenvalue weighted by Crippen LogP contribution is -2.24. The second-order valence-electron chi connectivity index (χ2n) is 5.61. The van der Waals surface area contributed by atoms with E-state index in [9.17, 15) is 0 Å². The van der Waals surface area contributed by atoms with Crippen LogP contribution in [0.4, 0.5) is 0 Å². The minimum Gasteiger partial charge on any atom is -0.334 e. The maximum Gasteiger partial charge on any atom is 0.259 e. The molecule has 0 amide bonds. The van der Waals surface area contributed by atoms with Gasteiger partial charge < -0.3 is 9.84 Å². The quantitative estimate of drug-likeness (QED) is 0.791. The number of pyridine rings is 1. The van der Waals surface area contributed by atoms with Crippen LogP contribution in [-0.2, 0) is 13.5 Å². The summed E-state index contributed by atoms with van der Waals surface area (Å²) in [4.78, 5) is 9.11. The Kier molecular flexibility index (Phi) is 3.66. The Hall–Kier alpha value is -2.28. The highest BCUT2D eigenvalue weighted by Gasteiger charge is 2.17. The van der Waals surface area contributed by atoms with E-state index in [1.165, 1.54) is 0 Å². The lowest BCUT2D eigenvalue weighted by molar-refractivity contribution is 0.418. The van der Waals surface area contributed by atoms with Crippen LogP contribution in [-0.4, -0.2) is 38.0 Å². The van der Waals surface area contributed by atoms with Gasteiger partial charge in [-0.15, -0.1) is 0 Å². The van der Waals surface area contributed by atoms with Gasteiger partial charge in [-0.2, -0.15) is 10.1 Å². The summed E-state index contributed by atoms with van der Waals surface area (Å²) in [7, 11) is 3.81. The van der Waals surface area contributed by atoms with E-state index in [0.717, 1.165) is 34.4 Å². The molecule has 0 saturated carbocycles. The summed E-state index contributed by atoms with van der Waals surface area (Å²) in [6, 6.07) is 2.33. The SMILES string of the molecule is CNC(C)Cc1noc(-c2cc3c(C)nn(C)c3nc2C)n1. The number of hydrogen-bond donors (Lipinski definition) is 1. The van der Waals surface area contributed by atoms with Crippen molar-refractivity contribution in [3.8, 4) is 11.5 Å². The first-order chi connectivity index (χ1) is 10.5. The number of fused-ring (bicyclic) bond motifs is 1. The molecule has 0 radical (unpaired) electrons. The van der Waals surface area contributed by atoms with Gasteiger partial charge in [0.15, 0.2) is 11.5 Å². The minimum atomic E-state index is 0.299. The fraction of sp³-hybridized carbons (Fsp3) is 0.467. The second-order valence-corrected chi connectivity index (χ2v) is 5.61. The maximum atomic E-state index is 5.42. The number of nitrogens with zero attached hydrogens (tertiary/aromatic N) is 5. The van der Waals surface area contributed by atoms with Gasteiger partial charge >= 0.3 is 0 Å². The maximum absolute atomic E-state index is 5.42. The van der Waals surface area contributed by atoms with Gasteiger partial charge in [0.2, 0.25) is 0 Å². The van der Waals surface area contributed by atoms with Gasteiger partial charge in [-0.25, -0.2) is 4.98 Å². The van der Waals surface area contributed by atoms with Crippen LogP contribution < -0.4 is 5.32 Å². The minimum absolute atomic E-state index is 0.299. The molecule has 3 aromatic rings. The van der Waals surface area contributed by atoms with Gasteiger partial charge in [-0.3, -0.25) is 4.68 Å². The lowest BCUT2D eigenvalue weighted by Gasteiger charge is -2.04. The van der Waals surface area contributed by atoms with Crippen molar-refractivity contribution >= 4 is 11.0 Å². The molecular weight excluding hydrogens is 280 g/mol. The molecule has 0 aliphatic carbocycles. The van der Waals surface area contributed by atoms with Gasteiger partial charge in [0.25, 0.3) is 5.89 Å². The zero-order chi connectivity index (χ0) is 15.9. The van der Waals surface area contributed by atoms with Gasteiger partial charge in [0, 0.05) is 24.9 Å². The Morgan fingerprint density at radius 1 is 1.27 bits per heavy atom. The zero-order valence-electron chi connectivity index (χ0n) is 13.5. The molecule has 0 aliphatic rings. The van der Waals surface area contributed by atoms with Crippen LogP contribution in [0, 0.1) is 13.8 Å². The average molecular weight is 300 g/mol. The van der Waals surface area contributed by atoms with Crippen LogP contribution >= 0.6 is 0 Å². The van der Waals surface area contributed by atoms with Crippen molar-refractivity contribution in [1.29, 1.82) is 0 Å². The molecule has 3 heterocycles. The Labute approximate surface area is 128 Å². The van der Waals surface area contributed by atoms with E-state index in [-0.39, 0.29) is 0 Å². The fourth-order valence-corrected chi connectivity index (χ4v) is 2.47. The molecule has 3 aromatic heterocycles. The van der Waals surface area contributed by atoms with E-state index in [1.807, 2.05) is 34.0 Å². The molecule has 1 atom stereocenters. The predicted molar refractivity (Wildman–Crippen MR) is 83.5 cm³/mol. The Morgan fingerprint density at radius 2 is 2.05 bits per heavy atom. The molecular formula is C15H20N6O. The third kappa shape index (κ3) is 2.48. The van der Waals surface area contributed by atoms with E-state index in [4.69, 9.17) is 4.52 Å². The largest absolute Gasteiger partial charge is 0.334 e. The van der Waals surface area contributed by atoms with Crippen LogP contribution in [0.2, 0.25) is 0 Å². The first-order valence-corrected chi connectivity index (χ1v) is 7.30. The molecule has 0 spiro atoms. The summed E-state index contributed by atoms with van der Waals surface area (Å²) >= 11 is 0. The van der Waals surface area contributed by atoms with Crippen LogP contribution in [0.1, 0.15) is 24.1 Å². The van der Waals surface area contributed by atoms with Gasteiger partial charge in [0.05, 0.1) is 17.0 Å². The summed E-state index contributed by atoms with van der Waals surface area (Å²) in [6.45, 7) is 5.99. The van der Waals surface area contributed by atoms with Crippen LogP contribution in [0.3, 0.4) is 0 Å². The van der Waals surface area contributed by atoms with Crippen molar-refractivity contribution in [3.05, 3.63) is 23.3 Å². The van der Waals surface area contributed by atoms with Crippen LogP contribution in [0.15, 0.2) is 10.6 Å². The molecule has 1 N–H and O–H groups in total. The number of rotatable bonds is 4. The number of likely N-dealkylation sites (N-methyl/N-ethyl adjacent to an activating group) is 1. The Balaban J connectivity index is 2.03. The van der Waals surface area contributed by atoms with Crippen molar-refractivity contribution in [3.63, 3.8) is 0 Å². The third-order valence-electron chi connectivity index (χ3n) is 3.87. The highest BCUT2D eigenvalue weighted by Crippen LogP contribution is 2.26. The zero-order valence-corrected chi connectivity index (χ0v) is 13.5. The number of nitrogens with one attached hydrogen (secondary N) is 1. The molecule has 0 aromatic carbocycles. The molecule has 0 fully saturated rings. The van der Waals surface area contributed by atoms with E-state index in [0.29, 0.717) is 17.8 Å². The molecule has 0 aliphatic heterocycles. The van der Waals surface area contributed by atoms with Crippen molar-refractivity contribution in [1.82, 2.24) is 30.2 Å². The standard InChI is InChI=1S/C15H20N6O/c1-8(16-4)6-13-18-15(22-20-13)12-7-11-10(3)19-21(5)14(11)17-9(12)2/h7-8,16H,6H2,1-5H3. The highest BCUT2D eigenvalue weighted by molar-refractivity contribution is 5.83. The van der Waals surface area contributed by atoms with Crippen LogP contribution in [0.5, 0.6) is 0 Å². The molecule has 7 nitrogen and oxygen atoms in total. The van der Waals surface area contributed by atoms with Crippen molar-refractivity contribution in [2.75, 3.05) is 7.05 Å². The number of aryl methyl sites for hydroxylation is 3. The van der Waals surface area contributed by atoms with E-state index >= 15 is 0 Å². The van der Waals surface area contributed by atoms with Gasteiger partial charge in [-0.1, -0.05) is 5.16 Å². The molecule has 116 valence electrons. The molecule has 1 unspecified atom stereocenters.